The SMILES string of the molecule is CCC[C@@H](N[C@H]1CCc2cc(F)cc(F)c2C1)C(=O)Nc1cn(-c2ccccc2CNCC2(C)CCN(C)C2)cn1. The summed E-state index contributed by atoms with van der Waals surface area (Å²) in [5, 5.41) is 10.1. The second-order valence-corrected chi connectivity index (χ2v) is 12.2. The number of hydrogen-bond acceptors (Lipinski definition) is 5. The van der Waals surface area contributed by atoms with Crippen LogP contribution in [0.15, 0.2) is 48.9 Å². The maximum Gasteiger partial charge on any atom is 0.242 e. The molecule has 3 N–H and O–H groups in total. The van der Waals surface area contributed by atoms with Gasteiger partial charge in [0.1, 0.15) is 18.0 Å². The van der Waals surface area contributed by atoms with Crippen molar-refractivity contribution >= 4 is 11.7 Å². The van der Waals surface area contributed by atoms with Crippen LogP contribution in [0.25, 0.3) is 5.69 Å². The van der Waals surface area contributed by atoms with Crippen LogP contribution in [-0.2, 0) is 24.2 Å². The Hall–Kier alpha value is -3.14. The minimum Gasteiger partial charge on any atom is -0.312 e. The molecule has 0 bridgehead atoms. The van der Waals surface area contributed by atoms with Gasteiger partial charge in [0.05, 0.1) is 17.9 Å². The third-order valence-corrected chi connectivity index (χ3v) is 8.52. The van der Waals surface area contributed by atoms with E-state index in [-0.39, 0.29) is 17.4 Å². The van der Waals surface area contributed by atoms with E-state index in [1.165, 1.54) is 12.5 Å². The summed E-state index contributed by atoms with van der Waals surface area (Å²) in [6, 6.07) is 10.1. The summed E-state index contributed by atoms with van der Waals surface area (Å²) in [7, 11) is 2.18. The first-order valence-electron chi connectivity index (χ1n) is 14.8. The summed E-state index contributed by atoms with van der Waals surface area (Å²) in [5.41, 5.74) is 3.73. The van der Waals surface area contributed by atoms with Crippen molar-refractivity contribution in [2.24, 2.45) is 5.41 Å². The van der Waals surface area contributed by atoms with E-state index in [1.807, 2.05) is 29.8 Å². The largest absolute Gasteiger partial charge is 0.312 e. The monoisotopic (exact) mass is 564 g/mol. The highest BCUT2D eigenvalue weighted by Gasteiger charge is 2.31. The van der Waals surface area contributed by atoms with Gasteiger partial charge in [-0.05, 0) is 79.9 Å². The minimum atomic E-state index is -0.541. The molecule has 3 atom stereocenters. The molecule has 1 amide bonds. The van der Waals surface area contributed by atoms with Gasteiger partial charge < -0.3 is 25.4 Å². The number of nitrogens with one attached hydrogen (secondary N) is 3. The number of benzene rings is 2. The first-order chi connectivity index (χ1) is 19.7. The molecule has 0 saturated carbocycles. The lowest BCUT2D eigenvalue weighted by molar-refractivity contribution is -0.118. The number of aromatic nitrogens is 2. The molecule has 0 spiro atoms. The predicted molar refractivity (Wildman–Crippen MR) is 158 cm³/mol. The summed E-state index contributed by atoms with van der Waals surface area (Å²) < 4.78 is 30.0. The Kier molecular flexibility index (Phi) is 9.16. The average Bonchev–Trinajstić information content (AvgIpc) is 3.54. The Morgan fingerprint density at radius 1 is 1.24 bits per heavy atom. The molecule has 5 rings (SSSR count). The molecule has 1 aliphatic carbocycles. The molecule has 3 aromatic rings. The molecule has 1 saturated heterocycles. The van der Waals surface area contributed by atoms with E-state index in [0.717, 1.165) is 61.9 Å². The number of imidazole rings is 1. The van der Waals surface area contributed by atoms with Gasteiger partial charge in [0.2, 0.25) is 5.91 Å². The second-order valence-electron chi connectivity index (χ2n) is 12.2. The van der Waals surface area contributed by atoms with Gasteiger partial charge in [-0.15, -0.1) is 0 Å². The molecule has 1 aliphatic heterocycles. The van der Waals surface area contributed by atoms with Crippen molar-refractivity contribution in [2.75, 3.05) is 32.0 Å². The van der Waals surface area contributed by atoms with Crippen molar-refractivity contribution in [3.05, 3.63) is 77.2 Å². The zero-order chi connectivity index (χ0) is 29.0. The highest BCUT2D eigenvalue weighted by molar-refractivity contribution is 5.94. The molecule has 220 valence electrons. The number of carbonyl (C=O) groups is 1. The topological polar surface area (TPSA) is 74.2 Å². The van der Waals surface area contributed by atoms with Gasteiger partial charge in [0.25, 0.3) is 0 Å². The molecular weight excluding hydrogens is 522 g/mol. The van der Waals surface area contributed by atoms with E-state index in [0.29, 0.717) is 30.6 Å². The Bertz CT molecular complexity index is 1360. The van der Waals surface area contributed by atoms with Crippen molar-refractivity contribution < 1.29 is 13.6 Å². The molecule has 1 fully saturated rings. The third kappa shape index (κ3) is 7.20. The number of amides is 1. The molecule has 7 nitrogen and oxygen atoms in total. The van der Waals surface area contributed by atoms with Gasteiger partial charge in [-0.3, -0.25) is 4.79 Å². The van der Waals surface area contributed by atoms with Crippen LogP contribution >= 0.6 is 0 Å². The number of hydrogen-bond donors (Lipinski definition) is 3. The summed E-state index contributed by atoms with van der Waals surface area (Å²) in [6.07, 6.45) is 7.96. The molecule has 9 heteroatoms. The number of likely N-dealkylation sites (tertiary alicyclic amines) is 1. The van der Waals surface area contributed by atoms with Gasteiger partial charge in [0, 0.05) is 31.7 Å². The van der Waals surface area contributed by atoms with Crippen molar-refractivity contribution in [3.63, 3.8) is 0 Å². The average molecular weight is 565 g/mol. The number of para-hydroxylation sites is 1. The summed E-state index contributed by atoms with van der Waals surface area (Å²) in [5.74, 6) is -0.727. The lowest BCUT2D eigenvalue weighted by Gasteiger charge is -2.29. The molecule has 0 radical (unpaired) electrons. The molecule has 1 unspecified atom stereocenters. The lowest BCUT2D eigenvalue weighted by Crippen LogP contribution is -2.48. The number of fused-ring (bicyclic) bond motifs is 1. The Labute approximate surface area is 241 Å². The van der Waals surface area contributed by atoms with Gasteiger partial charge >= 0.3 is 0 Å². The molecule has 1 aromatic heterocycles. The smallest absolute Gasteiger partial charge is 0.242 e. The highest BCUT2D eigenvalue weighted by Crippen LogP contribution is 2.28. The molecule has 41 heavy (non-hydrogen) atoms. The Morgan fingerprint density at radius 2 is 2.07 bits per heavy atom. The number of aryl methyl sites for hydroxylation is 1. The minimum absolute atomic E-state index is 0.0615. The van der Waals surface area contributed by atoms with E-state index < -0.39 is 17.7 Å². The Morgan fingerprint density at radius 3 is 2.85 bits per heavy atom. The third-order valence-electron chi connectivity index (χ3n) is 8.52. The summed E-state index contributed by atoms with van der Waals surface area (Å²) >= 11 is 0. The van der Waals surface area contributed by atoms with Crippen LogP contribution in [0.1, 0.15) is 56.2 Å². The maximum atomic E-state index is 14.4. The number of nitrogens with zero attached hydrogens (tertiary/aromatic N) is 3. The van der Waals surface area contributed by atoms with Gasteiger partial charge in [-0.2, -0.15) is 0 Å². The fraction of sp³-hybridized carbons (Fsp3) is 0.500. The zero-order valence-corrected chi connectivity index (χ0v) is 24.4. The van der Waals surface area contributed by atoms with Crippen LogP contribution in [0, 0.1) is 17.0 Å². The van der Waals surface area contributed by atoms with Crippen molar-refractivity contribution in [2.45, 2.75) is 71.0 Å². The van der Waals surface area contributed by atoms with Crippen LogP contribution < -0.4 is 16.0 Å². The lowest BCUT2D eigenvalue weighted by atomic mass is 9.87. The van der Waals surface area contributed by atoms with Gasteiger partial charge in [0.15, 0.2) is 5.82 Å². The summed E-state index contributed by atoms with van der Waals surface area (Å²) in [4.78, 5) is 20.2. The van der Waals surface area contributed by atoms with E-state index in [4.69, 9.17) is 0 Å². The van der Waals surface area contributed by atoms with E-state index >= 15 is 0 Å². The van der Waals surface area contributed by atoms with Gasteiger partial charge in [-0.1, -0.05) is 38.5 Å². The Balaban J connectivity index is 1.20. The maximum absolute atomic E-state index is 14.4. The fourth-order valence-corrected chi connectivity index (χ4v) is 6.35. The predicted octanol–water partition coefficient (Wildman–Crippen LogP) is 4.84. The molecule has 2 heterocycles. The number of rotatable bonds is 11. The van der Waals surface area contributed by atoms with E-state index in [2.05, 4.69) is 51.9 Å². The highest BCUT2D eigenvalue weighted by atomic mass is 19.1. The molecule has 2 aliphatic rings. The number of carbonyl (C=O) groups excluding carboxylic acids is 1. The van der Waals surface area contributed by atoms with E-state index in [9.17, 15) is 13.6 Å². The van der Waals surface area contributed by atoms with Crippen molar-refractivity contribution in [1.82, 2.24) is 25.1 Å². The van der Waals surface area contributed by atoms with Crippen LogP contribution in [0.4, 0.5) is 14.6 Å². The number of anilines is 1. The fourth-order valence-electron chi connectivity index (χ4n) is 6.35. The van der Waals surface area contributed by atoms with Crippen molar-refractivity contribution in [1.29, 1.82) is 0 Å². The first-order valence-corrected chi connectivity index (χ1v) is 14.8. The summed E-state index contributed by atoms with van der Waals surface area (Å²) in [6.45, 7) is 8.32. The first kappa shape index (κ1) is 29.4. The molecule has 2 aromatic carbocycles. The normalized spacial score (nSPS) is 21.5. The van der Waals surface area contributed by atoms with Crippen LogP contribution in [0.5, 0.6) is 0 Å². The van der Waals surface area contributed by atoms with Crippen LogP contribution in [0.2, 0.25) is 0 Å². The van der Waals surface area contributed by atoms with Crippen LogP contribution in [-0.4, -0.2) is 59.1 Å². The van der Waals surface area contributed by atoms with Crippen LogP contribution in [0.3, 0.4) is 0 Å². The second kappa shape index (κ2) is 12.8. The molecular formula is C32H42F2N6O. The zero-order valence-electron chi connectivity index (χ0n) is 24.4. The quantitative estimate of drug-likeness (QED) is 0.311. The van der Waals surface area contributed by atoms with Gasteiger partial charge in [-0.25, -0.2) is 13.8 Å². The number of halogens is 2. The van der Waals surface area contributed by atoms with E-state index in [1.54, 1.807) is 6.33 Å². The standard InChI is InChI=1S/C32H42F2N6O/c1-4-7-28(37-25-11-10-22-14-24(33)15-27(34)26(22)16-25)31(41)38-30-18-40(21-36-30)29-9-6-5-8-23(29)17-35-19-32(2)12-13-39(3)20-32/h5-6,8-9,14-15,18,21,25,28,35,37H,4,7,10-13,16-17,19-20H2,1-3H3,(H,38,41)/t25-,28+,32?/m0/s1. The van der Waals surface area contributed by atoms with Crippen molar-refractivity contribution in [3.8, 4) is 5.69 Å².